The van der Waals surface area contributed by atoms with E-state index in [1.54, 1.807) is 48.5 Å². The van der Waals surface area contributed by atoms with Gasteiger partial charge in [0.05, 0.1) is 16.8 Å². The number of hydrogen-bond acceptors (Lipinski definition) is 4. The highest BCUT2D eigenvalue weighted by atomic mass is 35.5. The number of nitrogens with zero attached hydrogens (tertiary/aromatic N) is 1. The Morgan fingerprint density at radius 3 is 2.49 bits per heavy atom. The van der Waals surface area contributed by atoms with Crippen LogP contribution in [0.5, 0.6) is 5.75 Å². The van der Waals surface area contributed by atoms with Crippen molar-refractivity contribution in [1.29, 1.82) is 0 Å². The molecule has 0 saturated heterocycles. The Labute approximate surface area is 207 Å². The summed E-state index contributed by atoms with van der Waals surface area (Å²) in [6.07, 6.45) is 1.68. The Kier molecular flexibility index (Phi) is 7.43. The largest absolute Gasteiger partial charge is 0.487 e. The molecule has 0 bridgehead atoms. The molecule has 2 N–H and O–H groups in total. The highest BCUT2D eigenvalue weighted by Crippen LogP contribution is 2.29. The summed E-state index contributed by atoms with van der Waals surface area (Å²) in [4.78, 5) is 29.1. The van der Waals surface area contributed by atoms with Crippen LogP contribution in [-0.4, -0.2) is 28.0 Å². The molecule has 6 nitrogen and oxygen atoms in total. The summed E-state index contributed by atoms with van der Waals surface area (Å²) < 4.78 is 6.09. The van der Waals surface area contributed by atoms with Crippen LogP contribution in [0.4, 0.5) is 0 Å². The molecule has 1 heterocycles. The van der Waals surface area contributed by atoms with E-state index in [-0.39, 0.29) is 12.2 Å². The summed E-state index contributed by atoms with van der Waals surface area (Å²) in [5.41, 5.74) is 3.13. The smallest absolute Gasteiger partial charge is 0.325 e. The molecule has 0 fully saturated rings. The zero-order valence-corrected chi connectivity index (χ0v) is 19.7. The highest BCUT2D eigenvalue weighted by molar-refractivity contribution is 6.30. The number of aromatic nitrogens is 1. The van der Waals surface area contributed by atoms with Crippen molar-refractivity contribution in [3.63, 3.8) is 0 Å². The van der Waals surface area contributed by atoms with E-state index in [1.165, 1.54) is 6.92 Å². The zero-order valence-electron chi connectivity index (χ0n) is 18.9. The maximum atomic E-state index is 13.2. The van der Waals surface area contributed by atoms with Crippen LogP contribution in [0.3, 0.4) is 0 Å². The van der Waals surface area contributed by atoms with E-state index in [4.69, 9.17) is 16.3 Å². The minimum absolute atomic E-state index is 0.198. The molecule has 1 aromatic heterocycles. The number of para-hydroxylation sites is 2. The number of benzene rings is 3. The number of amides is 1. The second kappa shape index (κ2) is 10.8. The number of carboxylic acids is 1. The zero-order chi connectivity index (χ0) is 24.8. The van der Waals surface area contributed by atoms with Gasteiger partial charge >= 0.3 is 5.97 Å². The first-order chi connectivity index (χ1) is 16.9. The molecule has 0 aliphatic carbocycles. The lowest BCUT2D eigenvalue weighted by molar-refractivity contribution is -0.140. The van der Waals surface area contributed by atoms with Gasteiger partial charge in [-0.25, -0.2) is 4.98 Å². The summed E-state index contributed by atoms with van der Waals surface area (Å²) >= 11 is 6.00. The lowest BCUT2D eigenvalue weighted by Crippen LogP contribution is -2.38. The molecule has 1 amide bonds. The fourth-order valence-electron chi connectivity index (χ4n) is 3.48. The molecule has 7 heteroatoms. The molecular formula is C28H23ClN2O4. The Morgan fingerprint density at radius 2 is 1.71 bits per heavy atom. The van der Waals surface area contributed by atoms with Crippen molar-refractivity contribution in [3.8, 4) is 5.75 Å². The third kappa shape index (κ3) is 6.05. The van der Waals surface area contributed by atoms with Crippen LogP contribution in [0.15, 0.2) is 84.9 Å². The van der Waals surface area contributed by atoms with Gasteiger partial charge in [-0.05, 0) is 48.9 Å². The molecule has 0 aliphatic heterocycles. The predicted molar refractivity (Wildman–Crippen MR) is 137 cm³/mol. The Hall–Kier alpha value is -4.16. The van der Waals surface area contributed by atoms with Crippen molar-refractivity contribution in [1.82, 2.24) is 10.3 Å². The van der Waals surface area contributed by atoms with Gasteiger partial charge in [0.25, 0.3) is 5.91 Å². The van der Waals surface area contributed by atoms with E-state index in [2.05, 4.69) is 10.3 Å². The fourth-order valence-corrected chi connectivity index (χ4v) is 3.61. The lowest BCUT2D eigenvalue weighted by atomic mass is 10.0. The van der Waals surface area contributed by atoms with Crippen LogP contribution in [0.25, 0.3) is 22.6 Å². The van der Waals surface area contributed by atoms with Crippen LogP contribution in [0, 0.1) is 0 Å². The number of pyridine rings is 1. The van der Waals surface area contributed by atoms with Crippen LogP contribution < -0.4 is 10.1 Å². The number of carbonyl (C=O) groups is 2. The van der Waals surface area contributed by atoms with Gasteiger partial charge in [-0.15, -0.1) is 0 Å². The Balaban J connectivity index is 1.67. The molecule has 0 radical (unpaired) electrons. The number of nitrogens with one attached hydrogen (secondary N) is 1. The maximum Gasteiger partial charge on any atom is 0.325 e. The van der Waals surface area contributed by atoms with Crippen molar-refractivity contribution >= 4 is 46.0 Å². The number of aliphatic carboxylic acids is 1. The van der Waals surface area contributed by atoms with Crippen molar-refractivity contribution in [2.75, 3.05) is 0 Å². The maximum absolute atomic E-state index is 13.2. The number of ether oxygens (including phenoxy) is 1. The quantitative estimate of drug-likeness (QED) is 0.250. The molecule has 0 unspecified atom stereocenters. The average molecular weight is 487 g/mol. The molecule has 0 saturated carbocycles. The minimum Gasteiger partial charge on any atom is -0.487 e. The van der Waals surface area contributed by atoms with Crippen LogP contribution >= 0.6 is 11.6 Å². The standard InChI is InChI=1S/C28H23ClN2O4/c1-18(28(33)34)30-27(32)24(16-19-10-13-21(29)14-11-19)23-7-3-5-9-26(23)35-17-22-15-12-20-6-2-4-8-25(20)31-22/h2-16,18H,17H2,1H3,(H,30,32)(H,33,34)/t18-/m0/s1. The molecule has 35 heavy (non-hydrogen) atoms. The molecule has 4 rings (SSSR count). The summed E-state index contributed by atoms with van der Waals surface area (Å²) in [6, 6.07) is 24.8. The normalized spacial score (nSPS) is 12.2. The number of hydrogen-bond donors (Lipinski definition) is 2. The third-order valence-corrected chi connectivity index (χ3v) is 5.60. The van der Waals surface area contributed by atoms with E-state index in [0.29, 0.717) is 16.3 Å². The van der Waals surface area contributed by atoms with E-state index >= 15 is 0 Å². The number of halogens is 1. The summed E-state index contributed by atoms with van der Waals surface area (Å²) in [7, 11) is 0. The van der Waals surface area contributed by atoms with Crippen LogP contribution in [-0.2, 0) is 16.2 Å². The summed E-state index contributed by atoms with van der Waals surface area (Å²) in [5.74, 6) is -1.19. The Bertz CT molecular complexity index is 1400. The average Bonchev–Trinajstić information content (AvgIpc) is 2.87. The first-order valence-corrected chi connectivity index (χ1v) is 11.4. The third-order valence-electron chi connectivity index (χ3n) is 5.35. The predicted octanol–water partition coefficient (Wildman–Crippen LogP) is 5.60. The summed E-state index contributed by atoms with van der Waals surface area (Å²) in [5, 5.41) is 13.4. The van der Waals surface area contributed by atoms with Gasteiger partial charge in [-0.2, -0.15) is 0 Å². The van der Waals surface area contributed by atoms with E-state index in [0.717, 1.165) is 22.2 Å². The number of carbonyl (C=O) groups excluding carboxylic acids is 1. The van der Waals surface area contributed by atoms with Crippen LogP contribution in [0.1, 0.15) is 23.7 Å². The first kappa shape index (κ1) is 24.0. The highest BCUT2D eigenvalue weighted by Gasteiger charge is 2.21. The van der Waals surface area contributed by atoms with Gasteiger partial charge in [-0.1, -0.05) is 66.2 Å². The molecule has 1 atom stereocenters. The van der Waals surface area contributed by atoms with Crippen molar-refractivity contribution < 1.29 is 19.4 Å². The van der Waals surface area contributed by atoms with Gasteiger partial charge in [0.1, 0.15) is 18.4 Å². The molecule has 0 spiro atoms. The van der Waals surface area contributed by atoms with Gasteiger partial charge in [0.15, 0.2) is 0 Å². The number of carboxylic acid groups (broad SMARTS) is 1. The number of fused-ring (bicyclic) bond motifs is 1. The molecule has 4 aromatic rings. The van der Waals surface area contributed by atoms with Gasteiger partial charge < -0.3 is 15.2 Å². The van der Waals surface area contributed by atoms with Gasteiger partial charge in [-0.3, -0.25) is 9.59 Å². The van der Waals surface area contributed by atoms with E-state index < -0.39 is 17.9 Å². The summed E-state index contributed by atoms with van der Waals surface area (Å²) in [6.45, 7) is 1.61. The monoisotopic (exact) mass is 486 g/mol. The second-order valence-corrected chi connectivity index (χ2v) is 8.36. The molecular weight excluding hydrogens is 464 g/mol. The van der Waals surface area contributed by atoms with Gasteiger partial charge in [0.2, 0.25) is 0 Å². The van der Waals surface area contributed by atoms with Crippen LogP contribution in [0.2, 0.25) is 5.02 Å². The Morgan fingerprint density at radius 1 is 1.00 bits per heavy atom. The minimum atomic E-state index is -1.13. The van der Waals surface area contributed by atoms with Crippen molar-refractivity contribution in [2.24, 2.45) is 0 Å². The van der Waals surface area contributed by atoms with E-state index in [1.807, 2.05) is 42.5 Å². The molecule has 3 aromatic carbocycles. The topological polar surface area (TPSA) is 88.5 Å². The molecule has 0 aliphatic rings. The number of rotatable bonds is 8. The SMILES string of the molecule is C[C@H](NC(=O)C(=Cc1ccc(Cl)cc1)c1ccccc1OCc1ccc2ccccc2n1)C(=O)O. The lowest BCUT2D eigenvalue weighted by Gasteiger charge is -2.16. The van der Waals surface area contributed by atoms with Crippen molar-refractivity contribution in [2.45, 2.75) is 19.6 Å². The van der Waals surface area contributed by atoms with E-state index in [9.17, 15) is 14.7 Å². The first-order valence-electron chi connectivity index (χ1n) is 11.0. The molecule has 176 valence electrons. The second-order valence-electron chi connectivity index (χ2n) is 7.92. The van der Waals surface area contributed by atoms with Gasteiger partial charge in [0, 0.05) is 16.0 Å². The van der Waals surface area contributed by atoms with Crippen molar-refractivity contribution in [3.05, 3.63) is 107 Å². The fraction of sp³-hybridized carbons (Fsp3) is 0.107.